The van der Waals surface area contributed by atoms with E-state index < -0.39 is 0 Å². The number of benzene rings is 1. The molecule has 2 rings (SSSR count). The number of oxime groups is 1. The van der Waals surface area contributed by atoms with Crippen molar-refractivity contribution in [3.8, 4) is 0 Å². The van der Waals surface area contributed by atoms with Gasteiger partial charge in [-0.1, -0.05) is 22.9 Å². The molecule has 0 amide bonds. The molecule has 1 aromatic rings. The number of nitrogens with zero attached hydrogens (tertiary/aromatic N) is 1. The van der Waals surface area contributed by atoms with E-state index in [9.17, 15) is 9.90 Å². The molecule has 0 radical (unpaired) electrons. The molecule has 0 fully saturated rings. The summed E-state index contributed by atoms with van der Waals surface area (Å²) in [5.41, 5.74) is 5.38. The summed E-state index contributed by atoms with van der Waals surface area (Å²) < 4.78 is 0. The number of Topliss-reactive ketones (excluding diaryl/α,β-unsaturated/α-hetero) is 1. The van der Waals surface area contributed by atoms with Crippen LogP contribution in [0, 0.1) is 20.8 Å². The second kappa shape index (κ2) is 8.13. The van der Waals surface area contributed by atoms with Gasteiger partial charge in [0.2, 0.25) is 0 Å². The monoisotopic (exact) mass is 329 g/mol. The molecule has 0 saturated carbocycles. The normalized spacial score (nSPS) is 18.5. The number of allylic oxidation sites excluding steroid dienone is 2. The van der Waals surface area contributed by atoms with E-state index in [0.717, 1.165) is 0 Å². The summed E-state index contributed by atoms with van der Waals surface area (Å²) in [7, 11) is 0. The molecule has 1 unspecified atom stereocenters. The highest BCUT2D eigenvalue weighted by Crippen LogP contribution is 2.38. The minimum atomic E-state index is 0.0490. The summed E-state index contributed by atoms with van der Waals surface area (Å²) in [6, 6.07) is 4.29. The Kier molecular flexibility index (Phi) is 6.18. The quantitative estimate of drug-likeness (QED) is 0.609. The highest BCUT2D eigenvalue weighted by Gasteiger charge is 2.29. The highest BCUT2D eigenvalue weighted by molar-refractivity contribution is 5.97. The van der Waals surface area contributed by atoms with E-state index in [1.165, 1.54) is 22.3 Å². The third kappa shape index (κ3) is 4.25. The Balaban J connectivity index is 2.14. The Morgan fingerprint density at radius 3 is 2.50 bits per heavy atom. The molecule has 0 aliphatic heterocycles. The average Bonchev–Trinajstić information content (AvgIpc) is 2.48. The molecular formula is C20H27NO3. The van der Waals surface area contributed by atoms with Crippen molar-refractivity contribution in [3.63, 3.8) is 0 Å². The molecule has 4 heteroatoms. The Hall–Kier alpha value is -2.10. The van der Waals surface area contributed by atoms with Crippen molar-refractivity contribution < 1.29 is 14.7 Å². The topological polar surface area (TPSA) is 58.9 Å². The van der Waals surface area contributed by atoms with Crippen LogP contribution < -0.4 is 0 Å². The van der Waals surface area contributed by atoms with E-state index in [1.54, 1.807) is 6.21 Å². The van der Waals surface area contributed by atoms with Crippen LogP contribution in [0.1, 0.15) is 60.8 Å². The Bertz CT molecular complexity index is 650. The van der Waals surface area contributed by atoms with Crippen molar-refractivity contribution in [1.82, 2.24) is 0 Å². The largest absolute Gasteiger partial charge is 0.512 e. The van der Waals surface area contributed by atoms with Gasteiger partial charge in [0.15, 0.2) is 5.78 Å². The van der Waals surface area contributed by atoms with Crippen LogP contribution in [-0.4, -0.2) is 23.7 Å². The lowest BCUT2D eigenvalue weighted by atomic mass is 9.78. The molecule has 0 aromatic heterocycles. The molecule has 1 aliphatic carbocycles. The molecule has 0 spiro atoms. The Morgan fingerprint density at radius 2 is 1.92 bits per heavy atom. The van der Waals surface area contributed by atoms with Crippen LogP contribution in [0.3, 0.4) is 0 Å². The number of aryl methyl sites for hydroxylation is 3. The second-order valence-electron chi connectivity index (χ2n) is 6.51. The number of rotatable bonds is 6. The zero-order valence-corrected chi connectivity index (χ0v) is 15.1. The van der Waals surface area contributed by atoms with Gasteiger partial charge in [-0.15, -0.1) is 0 Å². The Labute approximate surface area is 144 Å². The van der Waals surface area contributed by atoms with E-state index in [-0.39, 0.29) is 17.5 Å². The lowest BCUT2D eigenvalue weighted by Crippen LogP contribution is -2.20. The molecule has 1 aliphatic rings. The number of hydrogen-bond donors (Lipinski definition) is 1. The maximum atomic E-state index is 12.5. The van der Waals surface area contributed by atoms with Gasteiger partial charge >= 0.3 is 0 Å². The van der Waals surface area contributed by atoms with E-state index in [2.05, 4.69) is 38.1 Å². The van der Waals surface area contributed by atoms with Crippen LogP contribution in [0.15, 0.2) is 28.6 Å². The first kappa shape index (κ1) is 18.2. The maximum absolute atomic E-state index is 12.5. The lowest BCUT2D eigenvalue weighted by Gasteiger charge is -2.26. The van der Waals surface area contributed by atoms with Crippen LogP contribution in [0.2, 0.25) is 0 Å². The van der Waals surface area contributed by atoms with Gasteiger partial charge in [-0.05, 0) is 63.1 Å². The number of carbonyl (C=O) groups is 1. The van der Waals surface area contributed by atoms with Gasteiger partial charge in [0.1, 0.15) is 6.61 Å². The summed E-state index contributed by atoms with van der Waals surface area (Å²) in [5.74, 6) is 0.354. The van der Waals surface area contributed by atoms with E-state index in [1.807, 2.05) is 6.92 Å². The van der Waals surface area contributed by atoms with Gasteiger partial charge < -0.3 is 9.94 Å². The molecule has 0 saturated heterocycles. The first-order chi connectivity index (χ1) is 11.4. The van der Waals surface area contributed by atoms with Crippen LogP contribution in [0.4, 0.5) is 0 Å². The first-order valence-corrected chi connectivity index (χ1v) is 8.59. The van der Waals surface area contributed by atoms with Crippen molar-refractivity contribution in [1.29, 1.82) is 0 Å². The Morgan fingerprint density at radius 1 is 1.25 bits per heavy atom. The fourth-order valence-corrected chi connectivity index (χ4v) is 3.65. The van der Waals surface area contributed by atoms with E-state index in [4.69, 9.17) is 4.84 Å². The molecule has 130 valence electrons. The van der Waals surface area contributed by atoms with E-state index in [0.29, 0.717) is 37.9 Å². The SMILES string of the molecule is CCON=CCCC1=C(O)CC(c2c(C)cc(C)cc2C)CC1=O. The zero-order valence-electron chi connectivity index (χ0n) is 15.1. The van der Waals surface area contributed by atoms with Gasteiger partial charge in [0.25, 0.3) is 0 Å². The highest BCUT2D eigenvalue weighted by atomic mass is 16.6. The fraction of sp³-hybridized carbons (Fsp3) is 0.500. The smallest absolute Gasteiger partial charge is 0.162 e. The molecule has 4 nitrogen and oxygen atoms in total. The average molecular weight is 329 g/mol. The van der Waals surface area contributed by atoms with Crippen LogP contribution >= 0.6 is 0 Å². The van der Waals surface area contributed by atoms with E-state index >= 15 is 0 Å². The minimum absolute atomic E-state index is 0.0490. The van der Waals surface area contributed by atoms with Gasteiger partial charge in [0, 0.05) is 24.6 Å². The van der Waals surface area contributed by atoms with Crippen molar-refractivity contribution in [3.05, 3.63) is 45.7 Å². The van der Waals surface area contributed by atoms with Crippen LogP contribution in [0.25, 0.3) is 0 Å². The van der Waals surface area contributed by atoms with Crippen molar-refractivity contribution in [2.75, 3.05) is 6.61 Å². The van der Waals surface area contributed by atoms with Gasteiger partial charge in [-0.3, -0.25) is 4.79 Å². The lowest BCUT2D eigenvalue weighted by molar-refractivity contribution is -0.116. The third-order valence-electron chi connectivity index (χ3n) is 4.50. The first-order valence-electron chi connectivity index (χ1n) is 8.59. The second-order valence-corrected chi connectivity index (χ2v) is 6.51. The van der Waals surface area contributed by atoms with Gasteiger partial charge in [-0.2, -0.15) is 0 Å². The zero-order chi connectivity index (χ0) is 17.7. The third-order valence-corrected chi connectivity index (χ3v) is 4.50. The summed E-state index contributed by atoms with van der Waals surface area (Å²) in [6.45, 7) is 8.64. The molecule has 1 N–H and O–H groups in total. The number of hydrogen-bond acceptors (Lipinski definition) is 4. The number of aliphatic hydroxyl groups is 1. The summed E-state index contributed by atoms with van der Waals surface area (Å²) in [4.78, 5) is 17.4. The van der Waals surface area contributed by atoms with Gasteiger partial charge in [0.05, 0.1) is 5.76 Å². The number of ketones is 1. The predicted octanol–water partition coefficient (Wildman–Crippen LogP) is 4.67. The molecule has 1 aromatic carbocycles. The summed E-state index contributed by atoms with van der Waals surface area (Å²) >= 11 is 0. The standard InChI is InChI=1S/C20H27NO3/c1-5-24-21-8-6-7-17-18(22)11-16(12-19(17)23)20-14(3)9-13(2)10-15(20)4/h8-10,16,22H,5-7,11-12H2,1-4H3. The summed E-state index contributed by atoms with van der Waals surface area (Å²) in [6.07, 6.45) is 3.76. The molecular weight excluding hydrogens is 302 g/mol. The summed E-state index contributed by atoms with van der Waals surface area (Å²) in [5, 5.41) is 14.2. The molecule has 24 heavy (non-hydrogen) atoms. The molecule has 0 heterocycles. The van der Waals surface area contributed by atoms with Gasteiger partial charge in [-0.25, -0.2) is 0 Å². The number of carbonyl (C=O) groups excluding carboxylic acids is 1. The fourth-order valence-electron chi connectivity index (χ4n) is 3.65. The molecule has 1 atom stereocenters. The minimum Gasteiger partial charge on any atom is -0.512 e. The van der Waals surface area contributed by atoms with Crippen LogP contribution in [-0.2, 0) is 9.63 Å². The van der Waals surface area contributed by atoms with Crippen molar-refractivity contribution in [2.45, 2.75) is 59.3 Å². The number of aliphatic hydroxyl groups excluding tert-OH is 1. The van der Waals surface area contributed by atoms with Crippen molar-refractivity contribution >= 4 is 12.0 Å². The molecule has 0 bridgehead atoms. The van der Waals surface area contributed by atoms with Crippen molar-refractivity contribution in [2.24, 2.45) is 5.16 Å². The maximum Gasteiger partial charge on any atom is 0.162 e. The van der Waals surface area contributed by atoms with Crippen LogP contribution in [0.5, 0.6) is 0 Å². The predicted molar refractivity (Wildman–Crippen MR) is 96.6 cm³/mol.